The van der Waals surface area contributed by atoms with Gasteiger partial charge in [-0.2, -0.15) is 0 Å². The summed E-state index contributed by atoms with van der Waals surface area (Å²) in [6, 6.07) is 3.89. The number of aliphatic imine (C=N–C) groups is 1. The second-order valence-corrected chi connectivity index (χ2v) is 6.46. The molecule has 2 rings (SSSR count). The molecule has 0 saturated carbocycles. The first-order valence-corrected chi connectivity index (χ1v) is 9.04. The summed E-state index contributed by atoms with van der Waals surface area (Å²) >= 11 is 1.73. The maximum absolute atomic E-state index is 5.54. The number of thiazole rings is 1. The molecule has 0 unspecified atom stereocenters. The molecule has 0 amide bonds. The van der Waals surface area contributed by atoms with Crippen molar-refractivity contribution in [1.29, 1.82) is 0 Å². The van der Waals surface area contributed by atoms with Gasteiger partial charge in [0.1, 0.15) is 0 Å². The van der Waals surface area contributed by atoms with Gasteiger partial charge < -0.3 is 15.4 Å². The average molecular weight is 475 g/mol. The molecule has 0 radical (unpaired) electrons. The highest BCUT2D eigenvalue weighted by Crippen LogP contribution is 2.15. The monoisotopic (exact) mass is 475 g/mol. The fraction of sp³-hybridized carbons (Fsp3) is 0.471. The summed E-state index contributed by atoms with van der Waals surface area (Å²) in [6.07, 6.45) is 4.54. The van der Waals surface area contributed by atoms with E-state index in [4.69, 9.17) is 4.74 Å². The number of rotatable bonds is 8. The number of nitrogens with zero attached hydrogens (tertiary/aromatic N) is 3. The zero-order valence-corrected chi connectivity index (χ0v) is 18.1. The van der Waals surface area contributed by atoms with E-state index in [9.17, 15) is 0 Å². The number of hydrogen-bond donors (Lipinski definition) is 2. The quantitative estimate of drug-likeness (QED) is 0.349. The second kappa shape index (κ2) is 12.0. The van der Waals surface area contributed by atoms with E-state index in [1.54, 1.807) is 17.5 Å². The van der Waals surface area contributed by atoms with Crippen LogP contribution in [0.25, 0.3) is 0 Å². The maximum atomic E-state index is 5.54. The van der Waals surface area contributed by atoms with Crippen LogP contribution in [0.1, 0.15) is 29.3 Å². The molecular weight excluding hydrogens is 449 g/mol. The van der Waals surface area contributed by atoms with E-state index < -0.39 is 0 Å². The molecule has 0 aliphatic heterocycles. The molecule has 6 nitrogen and oxygen atoms in total. The highest BCUT2D eigenvalue weighted by Gasteiger charge is 2.05. The number of nitrogens with one attached hydrogen (secondary N) is 2. The largest absolute Gasteiger partial charge is 0.478 e. The van der Waals surface area contributed by atoms with Crippen LogP contribution in [0, 0.1) is 6.92 Å². The first kappa shape index (κ1) is 21.6. The molecule has 0 fully saturated rings. The van der Waals surface area contributed by atoms with E-state index >= 15 is 0 Å². The lowest BCUT2D eigenvalue weighted by Crippen LogP contribution is -2.38. The maximum Gasteiger partial charge on any atom is 0.218 e. The minimum Gasteiger partial charge on any atom is -0.478 e. The Morgan fingerprint density at radius 2 is 2.12 bits per heavy atom. The van der Waals surface area contributed by atoms with Crippen molar-refractivity contribution in [3.8, 4) is 5.88 Å². The van der Waals surface area contributed by atoms with Gasteiger partial charge in [-0.15, -0.1) is 35.3 Å². The summed E-state index contributed by atoms with van der Waals surface area (Å²) in [7, 11) is 0. The van der Waals surface area contributed by atoms with Crippen molar-refractivity contribution in [2.75, 3.05) is 19.7 Å². The summed E-state index contributed by atoms with van der Waals surface area (Å²) in [4.78, 5) is 14.5. The predicted octanol–water partition coefficient (Wildman–Crippen LogP) is 3.16. The molecule has 2 heterocycles. The van der Waals surface area contributed by atoms with Crippen molar-refractivity contribution in [2.24, 2.45) is 4.99 Å². The SMILES string of the molecule is CCNC(=NCc1cccnc1OCC)NCCc1ncc(C)s1.I. The topological polar surface area (TPSA) is 71.4 Å². The lowest BCUT2D eigenvalue weighted by Gasteiger charge is -2.11. The number of hydrogen-bond acceptors (Lipinski definition) is 5. The van der Waals surface area contributed by atoms with E-state index in [0.29, 0.717) is 19.0 Å². The lowest BCUT2D eigenvalue weighted by molar-refractivity contribution is 0.323. The Morgan fingerprint density at radius 3 is 2.80 bits per heavy atom. The van der Waals surface area contributed by atoms with Crippen LogP contribution in [0.4, 0.5) is 0 Å². The standard InChI is InChI=1S/C17H25N5OS.HI/c1-4-18-17(20-10-8-15-21-11-13(3)24-15)22-12-14-7-6-9-19-16(14)23-5-2;/h6-7,9,11H,4-5,8,10,12H2,1-3H3,(H2,18,20,22);1H. The summed E-state index contributed by atoms with van der Waals surface area (Å²) in [5.74, 6) is 1.44. The molecule has 0 saturated heterocycles. The third-order valence-corrected chi connectivity index (χ3v) is 4.16. The average Bonchev–Trinajstić information content (AvgIpc) is 2.99. The van der Waals surface area contributed by atoms with E-state index in [2.05, 4.69) is 39.4 Å². The smallest absolute Gasteiger partial charge is 0.218 e. The normalized spacial score (nSPS) is 10.9. The van der Waals surface area contributed by atoms with E-state index in [0.717, 1.165) is 36.0 Å². The first-order chi connectivity index (χ1) is 11.7. The molecule has 8 heteroatoms. The molecule has 0 spiro atoms. The van der Waals surface area contributed by atoms with Gasteiger partial charge in [0.15, 0.2) is 5.96 Å². The predicted molar refractivity (Wildman–Crippen MR) is 114 cm³/mol. The highest BCUT2D eigenvalue weighted by atomic mass is 127. The van der Waals surface area contributed by atoms with Gasteiger partial charge in [-0.05, 0) is 26.8 Å². The van der Waals surface area contributed by atoms with Crippen molar-refractivity contribution < 1.29 is 4.74 Å². The van der Waals surface area contributed by atoms with Gasteiger partial charge >= 0.3 is 0 Å². The Kier molecular flexibility index (Phi) is 10.4. The molecule has 2 N–H and O–H groups in total. The van der Waals surface area contributed by atoms with Crippen LogP contribution < -0.4 is 15.4 Å². The Morgan fingerprint density at radius 1 is 1.28 bits per heavy atom. The van der Waals surface area contributed by atoms with Crippen molar-refractivity contribution in [3.63, 3.8) is 0 Å². The molecule has 138 valence electrons. The molecule has 0 aliphatic rings. The van der Waals surface area contributed by atoms with Crippen molar-refractivity contribution in [3.05, 3.63) is 40.0 Å². The van der Waals surface area contributed by atoms with Gasteiger partial charge in [-0.1, -0.05) is 6.07 Å². The molecule has 0 aromatic carbocycles. The first-order valence-electron chi connectivity index (χ1n) is 8.23. The van der Waals surface area contributed by atoms with E-state index in [1.165, 1.54) is 4.88 Å². The number of aromatic nitrogens is 2. The molecule has 0 aliphatic carbocycles. The molecule has 0 atom stereocenters. The fourth-order valence-corrected chi connectivity index (χ4v) is 2.91. The highest BCUT2D eigenvalue weighted by molar-refractivity contribution is 14.0. The molecule has 25 heavy (non-hydrogen) atoms. The van der Waals surface area contributed by atoms with Crippen molar-refractivity contribution in [1.82, 2.24) is 20.6 Å². The lowest BCUT2D eigenvalue weighted by atomic mass is 10.3. The number of halogens is 1. The summed E-state index contributed by atoms with van der Waals surface area (Å²) in [6.45, 7) is 8.81. The summed E-state index contributed by atoms with van der Waals surface area (Å²) in [5.41, 5.74) is 0.979. The molecule has 2 aromatic heterocycles. The Hall–Kier alpha value is -1.42. The minimum atomic E-state index is 0. The third-order valence-electron chi connectivity index (χ3n) is 3.18. The number of aryl methyl sites for hydroxylation is 1. The zero-order valence-electron chi connectivity index (χ0n) is 14.9. The third kappa shape index (κ3) is 7.55. The van der Waals surface area contributed by atoms with Crippen LogP contribution in [-0.2, 0) is 13.0 Å². The summed E-state index contributed by atoms with van der Waals surface area (Å²) in [5, 5.41) is 7.74. The second-order valence-electron chi connectivity index (χ2n) is 5.14. The molecular formula is C17H26IN5OS. The van der Waals surface area contributed by atoms with E-state index in [1.807, 2.05) is 25.3 Å². The number of guanidine groups is 1. The number of pyridine rings is 1. The van der Waals surface area contributed by atoms with Gasteiger partial charge in [0, 0.05) is 42.3 Å². The summed E-state index contributed by atoms with van der Waals surface area (Å²) < 4.78 is 5.54. The Labute approximate surface area is 170 Å². The van der Waals surface area contributed by atoms with Gasteiger partial charge in [0.05, 0.1) is 18.2 Å². The van der Waals surface area contributed by atoms with Gasteiger partial charge in [-0.3, -0.25) is 0 Å². The van der Waals surface area contributed by atoms with Crippen molar-refractivity contribution in [2.45, 2.75) is 33.7 Å². The Balaban J connectivity index is 0.00000312. The van der Waals surface area contributed by atoms with Crippen molar-refractivity contribution >= 4 is 41.3 Å². The van der Waals surface area contributed by atoms with Gasteiger partial charge in [0.2, 0.25) is 5.88 Å². The molecule has 0 bridgehead atoms. The van der Waals surface area contributed by atoms with Gasteiger partial charge in [-0.25, -0.2) is 15.0 Å². The van der Waals surface area contributed by atoms with Crippen LogP contribution >= 0.6 is 35.3 Å². The van der Waals surface area contributed by atoms with Crippen LogP contribution in [0.2, 0.25) is 0 Å². The van der Waals surface area contributed by atoms with Crippen LogP contribution in [-0.4, -0.2) is 35.6 Å². The van der Waals surface area contributed by atoms with Crippen LogP contribution in [0.5, 0.6) is 5.88 Å². The van der Waals surface area contributed by atoms with E-state index in [-0.39, 0.29) is 24.0 Å². The zero-order chi connectivity index (χ0) is 17.2. The molecule has 2 aromatic rings. The van der Waals surface area contributed by atoms with Gasteiger partial charge in [0.25, 0.3) is 0 Å². The number of ether oxygens (including phenoxy) is 1. The minimum absolute atomic E-state index is 0. The Bertz CT molecular complexity index is 662. The fourth-order valence-electron chi connectivity index (χ4n) is 2.12. The van der Waals surface area contributed by atoms with Crippen LogP contribution in [0.15, 0.2) is 29.5 Å². The van der Waals surface area contributed by atoms with Crippen LogP contribution in [0.3, 0.4) is 0 Å².